The zero-order valence-corrected chi connectivity index (χ0v) is 23.3. The topological polar surface area (TPSA) is 79.4 Å². The number of carbonyl (C=O) groups excluding carboxylic acids is 3. The molecule has 8 nitrogen and oxygen atoms in total. The van der Waals surface area contributed by atoms with Gasteiger partial charge in [0.2, 0.25) is 0 Å². The fourth-order valence-corrected chi connectivity index (χ4v) is 4.70. The van der Waals surface area contributed by atoms with E-state index in [0.717, 1.165) is 44.5 Å². The number of anilines is 1. The van der Waals surface area contributed by atoms with Crippen LogP contribution in [0.25, 0.3) is 6.08 Å². The maximum atomic E-state index is 13.7. The molecule has 200 valence electrons. The van der Waals surface area contributed by atoms with Gasteiger partial charge in [0.05, 0.1) is 6.61 Å². The van der Waals surface area contributed by atoms with Gasteiger partial charge in [0, 0.05) is 43.5 Å². The summed E-state index contributed by atoms with van der Waals surface area (Å²) in [5, 5.41) is 0.197. The van der Waals surface area contributed by atoms with E-state index >= 15 is 0 Å². The Balaban J connectivity index is 2.20. The number of nitrogens with zero attached hydrogens (tertiary/aromatic N) is 3. The van der Waals surface area contributed by atoms with Crippen molar-refractivity contribution in [2.24, 2.45) is 0 Å². The molecule has 0 unspecified atom stereocenters. The second-order valence-corrected chi connectivity index (χ2v) is 9.25. The molecule has 0 saturated carbocycles. The summed E-state index contributed by atoms with van der Waals surface area (Å²) >= 11 is 5.58. The maximum Gasteiger partial charge on any atom is 0.341 e. The summed E-state index contributed by atoms with van der Waals surface area (Å²) in [6.07, 6.45) is 4.79. The Hall–Kier alpha value is -3.20. The van der Waals surface area contributed by atoms with Crippen molar-refractivity contribution in [3.8, 4) is 5.75 Å². The lowest BCUT2D eigenvalue weighted by molar-refractivity contribution is -0.138. The molecule has 0 bridgehead atoms. The third kappa shape index (κ3) is 5.87. The molecule has 2 heterocycles. The zero-order chi connectivity index (χ0) is 27.1. The zero-order valence-electron chi connectivity index (χ0n) is 22.5. The highest BCUT2D eigenvalue weighted by Gasteiger charge is 2.44. The van der Waals surface area contributed by atoms with E-state index < -0.39 is 17.8 Å². The minimum absolute atomic E-state index is 0.0420. The van der Waals surface area contributed by atoms with Crippen LogP contribution in [0.3, 0.4) is 0 Å². The van der Waals surface area contributed by atoms with Crippen molar-refractivity contribution in [3.05, 3.63) is 40.7 Å². The van der Waals surface area contributed by atoms with Gasteiger partial charge in [0.25, 0.3) is 11.8 Å². The van der Waals surface area contributed by atoms with Crippen molar-refractivity contribution in [3.63, 3.8) is 0 Å². The number of ether oxygens (including phenoxy) is 2. The molecule has 2 amide bonds. The number of carbonyl (C=O) groups is 3. The van der Waals surface area contributed by atoms with Crippen molar-refractivity contribution >= 4 is 46.9 Å². The van der Waals surface area contributed by atoms with E-state index in [-0.39, 0.29) is 28.6 Å². The molecule has 0 atom stereocenters. The molecule has 1 aromatic rings. The van der Waals surface area contributed by atoms with Gasteiger partial charge < -0.3 is 14.4 Å². The van der Waals surface area contributed by atoms with Crippen molar-refractivity contribution in [1.29, 1.82) is 0 Å². The van der Waals surface area contributed by atoms with Crippen LogP contribution < -0.4 is 9.64 Å². The van der Waals surface area contributed by atoms with Crippen LogP contribution in [0, 0.1) is 0 Å². The average molecular weight is 528 g/mol. The summed E-state index contributed by atoms with van der Waals surface area (Å²) in [5.41, 5.74) is 1.46. The molecule has 37 heavy (non-hydrogen) atoms. The summed E-state index contributed by atoms with van der Waals surface area (Å²) in [6.45, 7) is 12.4. The van der Waals surface area contributed by atoms with E-state index in [1.54, 1.807) is 13.0 Å². The van der Waals surface area contributed by atoms with Crippen LogP contribution in [0.15, 0.2) is 35.1 Å². The summed E-state index contributed by atoms with van der Waals surface area (Å²) in [7, 11) is 0. The van der Waals surface area contributed by atoms with Gasteiger partial charge >= 0.3 is 5.97 Å². The smallest absolute Gasteiger partial charge is 0.341 e. The molecule has 2 aliphatic rings. The second kappa shape index (κ2) is 12.9. The Labute approximate surface area is 224 Å². The van der Waals surface area contributed by atoms with E-state index in [0.29, 0.717) is 24.4 Å². The van der Waals surface area contributed by atoms with Gasteiger partial charge in [-0.25, -0.2) is 4.79 Å². The molecule has 9 heteroatoms. The lowest BCUT2D eigenvalue weighted by Gasteiger charge is -2.37. The Morgan fingerprint density at radius 2 is 1.57 bits per heavy atom. The van der Waals surface area contributed by atoms with Gasteiger partial charge in [0.15, 0.2) is 10.9 Å². The minimum Gasteiger partial charge on any atom is -0.462 e. The maximum absolute atomic E-state index is 13.7. The van der Waals surface area contributed by atoms with Gasteiger partial charge in [-0.1, -0.05) is 26.7 Å². The van der Waals surface area contributed by atoms with Crippen LogP contribution in [0.2, 0.25) is 0 Å². The lowest BCUT2D eigenvalue weighted by atomic mass is 9.98. The van der Waals surface area contributed by atoms with E-state index in [2.05, 4.69) is 18.7 Å². The third-order valence-corrected chi connectivity index (χ3v) is 6.90. The average Bonchev–Trinajstić information content (AvgIpc) is 2.89. The normalized spacial score (nSPS) is 15.5. The van der Waals surface area contributed by atoms with Crippen LogP contribution >= 0.6 is 12.2 Å². The van der Waals surface area contributed by atoms with Crippen LogP contribution in [-0.4, -0.2) is 65.5 Å². The van der Waals surface area contributed by atoms with Crippen molar-refractivity contribution < 1.29 is 23.9 Å². The molecule has 1 aromatic carbocycles. The van der Waals surface area contributed by atoms with Gasteiger partial charge in [-0.15, -0.1) is 0 Å². The summed E-state index contributed by atoms with van der Waals surface area (Å²) in [6, 6.07) is 5.69. The predicted octanol–water partition coefficient (Wildman–Crippen LogP) is 4.68. The molecule has 0 aliphatic carbocycles. The first kappa shape index (κ1) is 28.4. The molecule has 0 radical (unpaired) electrons. The number of hydrogen-bond donors (Lipinski definition) is 0. The van der Waals surface area contributed by atoms with Crippen molar-refractivity contribution in [2.75, 3.05) is 37.7 Å². The van der Waals surface area contributed by atoms with Gasteiger partial charge in [-0.2, -0.15) is 0 Å². The van der Waals surface area contributed by atoms with Crippen LogP contribution in [0.1, 0.15) is 65.9 Å². The molecule has 2 aliphatic heterocycles. The number of benzene rings is 1. The predicted molar refractivity (Wildman–Crippen MR) is 148 cm³/mol. The fourth-order valence-electron chi connectivity index (χ4n) is 4.35. The van der Waals surface area contributed by atoms with Crippen LogP contribution in [0.4, 0.5) is 5.69 Å². The second-order valence-electron chi connectivity index (χ2n) is 8.88. The Bertz CT molecular complexity index is 1090. The minimum atomic E-state index is -0.655. The highest BCUT2D eigenvalue weighted by Crippen LogP contribution is 2.38. The lowest BCUT2D eigenvalue weighted by Crippen LogP contribution is -2.57. The number of thiocarbonyl (C=S) groups is 1. The highest BCUT2D eigenvalue weighted by molar-refractivity contribution is 7.80. The summed E-state index contributed by atoms with van der Waals surface area (Å²) in [4.78, 5) is 45.6. The van der Waals surface area contributed by atoms with E-state index in [1.807, 2.05) is 32.0 Å². The van der Waals surface area contributed by atoms with Gasteiger partial charge in [0.1, 0.15) is 16.9 Å². The molecular formula is C28H37N3O5S. The first-order chi connectivity index (χ1) is 17.8. The standard InChI is InChI=1S/C28H37N3O5S/c1-6-11-15-30-25(32)23(26(33)31(28(30)37)16-12-7-2)24-21(27(34)35-10-5)17-19-13-14-20(18-22(19)36-24)29(8-3)9-4/h13-14,17-18H,6-12,15-16H2,1-5H3. The van der Waals surface area contributed by atoms with Crippen LogP contribution in [-0.2, 0) is 19.1 Å². The Morgan fingerprint density at radius 3 is 2.08 bits per heavy atom. The number of fused-ring (bicyclic) bond motifs is 1. The Morgan fingerprint density at radius 1 is 0.973 bits per heavy atom. The number of unbranched alkanes of at least 4 members (excludes halogenated alkanes) is 2. The number of esters is 1. The molecule has 3 rings (SSSR count). The van der Waals surface area contributed by atoms with Crippen molar-refractivity contribution in [2.45, 2.75) is 60.3 Å². The molecule has 0 spiro atoms. The summed E-state index contributed by atoms with van der Waals surface area (Å²) < 4.78 is 11.5. The van der Waals surface area contributed by atoms with Crippen LogP contribution in [0.5, 0.6) is 5.75 Å². The van der Waals surface area contributed by atoms with E-state index in [1.165, 1.54) is 9.80 Å². The molecular weight excluding hydrogens is 490 g/mol. The molecule has 0 aromatic heterocycles. The monoisotopic (exact) mass is 527 g/mol. The van der Waals surface area contributed by atoms with Gasteiger partial charge in [-0.05, 0) is 64.0 Å². The van der Waals surface area contributed by atoms with Gasteiger partial charge in [-0.3, -0.25) is 19.4 Å². The first-order valence-electron chi connectivity index (χ1n) is 13.2. The third-order valence-electron chi connectivity index (χ3n) is 6.46. The van der Waals surface area contributed by atoms with E-state index in [4.69, 9.17) is 21.7 Å². The first-order valence-corrected chi connectivity index (χ1v) is 13.6. The fraction of sp³-hybridized carbons (Fsp3) is 0.500. The molecule has 0 N–H and O–H groups in total. The highest BCUT2D eigenvalue weighted by atomic mass is 32.1. The SMILES string of the molecule is CCCCN1C(=O)C(=C2Oc3cc(N(CC)CC)ccc3C=C2C(=O)OCC)C(=O)N(CCCC)C1=S. The van der Waals surface area contributed by atoms with E-state index in [9.17, 15) is 14.4 Å². The Kier molecular flexibility index (Phi) is 9.86. The molecule has 1 saturated heterocycles. The number of rotatable bonds is 11. The number of amides is 2. The quantitative estimate of drug-likeness (QED) is 0.179. The largest absolute Gasteiger partial charge is 0.462 e. The summed E-state index contributed by atoms with van der Waals surface area (Å²) in [5.74, 6) is -1.37. The molecule has 1 fully saturated rings. The van der Waals surface area contributed by atoms with Crippen molar-refractivity contribution in [1.82, 2.24) is 9.80 Å². The number of hydrogen-bond acceptors (Lipinski definition) is 7.